The van der Waals surface area contributed by atoms with Crippen LogP contribution in [-0.4, -0.2) is 26.3 Å². The van der Waals surface area contributed by atoms with Crippen molar-refractivity contribution in [1.82, 2.24) is 0 Å². The van der Waals surface area contributed by atoms with Gasteiger partial charge in [-0.05, 0) is 25.0 Å². The molecule has 0 aliphatic carbocycles. The predicted octanol–water partition coefficient (Wildman–Crippen LogP) is 4.88. The maximum absolute atomic E-state index is 6.31. The third kappa shape index (κ3) is 4.37. The minimum absolute atomic E-state index is 0.520. The maximum atomic E-state index is 6.31. The minimum atomic E-state index is 0.520. The summed E-state index contributed by atoms with van der Waals surface area (Å²) >= 11 is 9.86. The molecular formula is C15H23BrClNO. The van der Waals surface area contributed by atoms with E-state index in [9.17, 15) is 0 Å². The number of benzene rings is 1. The van der Waals surface area contributed by atoms with Crippen LogP contribution in [0.4, 0.5) is 5.69 Å². The fraction of sp³-hybridized carbons (Fsp3) is 0.600. The molecule has 108 valence electrons. The lowest BCUT2D eigenvalue weighted by atomic mass is 10.1. The maximum Gasteiger partial charge on any atom is 0.0637 e. The van der Waals surface area contributed by atoms with Gasteiger partial charge in [-0.2, -0.15) is 0 Å². The summed E-state index contributed by atoms with van der Waals surface area (Å²) in [7, 11) is 1.74. The van der Waals surface area contributed by atoms with Crippen molar-refractivity contribution >= 4 is 33.2 Å². The molecule has 1 aromatic carbocycles. The highest BCUT2D eigenvalue weighted by Crippen LogP contribution is 2.31. The Labute approximate surface area is 130 Å². The molecule has 0 atom stereocenters. The molecule has 0 bridgehead atoms. The smallest absolute Gasteiger partial charge is 0.0637 e. The minimum Gasteiger partial charge on any atom is -0.383 e. The second-order valence-corrected chi connectivity index (χ2v) is 5.50. The fourth-order valence-electron chi connectivity index (χ4n) is 2.37. The number of hydrogen-bond donors (Lipinski definition) is 0. The van der Waals surface area contributed by atoms with Gasteiger partial charge in [-0.3, -0.25) is 0 Å². The highest BCUT2D eigenvalue weighted by molar-refractivity contribution is 9.08. The average Bonchev–Trinajstić information content (AvgIpc) is 2.43. The Morgan fingerprint density at radius 3 is 2.53 bits per heavy atom. The number of ether oxygens (including phenoxy) is 1. The van der Waals surface area contributed by atoms with Crippen LogP contribution in [0.15, 0.2) is 18.2 Å². The third-order valence-electron chi connectivity index (χ3n) is 3.46. The lowest BCUT2D eigenvalue weighted by Gasteiger charge is -2.34. The van der Waals surface area contributed by atoms with Crippen LogP contribution in [0.5, 0.6) is 0 Å². The molecule has 19 heavy (non-hydrogen) atoms. The highest BCUT2D eigenvalue weighted by atomic mass is 79.9. The SMILES string of the molecule is CCC(CC)N(CCOC)c1cccc(Cl)c1CBr. The second-order valence-electron chi connectivity index (χ2n) is 4.53. The fourth-order valence-corrected chi connectivity index (χ4v) is 3.35. The van der Waals surface area contributed by atoms with Gasteiger partial charge in [0.15, 0.2) is 0 Å². The number of methoxy groups -OCH3 is 1. The van der Waals surface area contributed by atoms with Crippen LogP contribution in [0.3, 0.4) is 0 Å². The van der Waals surface area contributed by atoms with Crippen LogP contribution in [0.1, 0.15) is 32.3 Å². The molecule has 2 nitrogen and oxygen atoms in total. The van der Waals surface area contributed by atoms with Crippen molar-refractivity contribution < 1.29 is 4.74 Å². The van der Waals surface area contributed by atoms with Crippen molar-refractivity contribution in [3.63, 3.8) is 0 Å². The van der Waals surface area contributed by atoms with Crippen LogP contribution in [0, 0.1) is 0 Å². The van der Waals surface area contributed by atoms with E-state index < -0.39 is 0 Å². The van der Waals surface area contributed by atoms with Crippen LogP contribution >= 0.6 is 27.5 Å². The first-order chi connectivity index (χ1) is 9.19. The molecule has 0 radical (unpaired) electrons. The normalized spacial score (nSPS) is 11.1. The molecule has 0 saturated carbocycles. The van der Waals surface area contributed by atoms with Gasteiger partial charge in [-0.25, -0.2) is 0 Å². The summed E-state index contributed by atoms with van der Waals surface area (Å²) in [5.74, 6) is 0. The summed E-state index contributed by atoms with van der Waals surface area (Å²) in [6.45, 7) is 6.08. The lowest BCUT2D eigenvalue weighted by molar-refractivity contribution is 0.202. The number of nitrogens with zero attached hydrogens (tertiary/aromatic N) is 1. The first kappa shape index (κ1) is 16.8. The Bertz CT molecular complexity index is 382. The zero-order valence-electron chi connectivity index (χ0n) is 12.0. The molecule has 0 spiro atoms. The van der Waals surface area contributed by atoms with Gasteiger partial charge in [0, 0.05) is 41.3 Å². The Morgan fingerprint density at radius 1 is 1.32 bits per heavy atom. The van der Waals surface area contributed by atoms with Gasteiger partial charge in [-0.15, -0.1) is 0 Å². The first-order valence-corrected chi connectivity index (χ1v) is 8.28. The van der Waals surface area contributed by atoms with E-state index in [0.29, 0.717) is 6.04 Å². The van der Waals surface area contributed by atoms with E-state index in [-0.39, 0.29) is 0 Å². The van der Waals surface area contributed by atoms with Crippen molar-refractivity contribution in [1.29, 1.82) is 0 Å². The molecule has 0 aliphatic heterocycles. The topological polar surface area (TPSA) is 12.5 Å². The molecule has 0 heterocycles. The van der Waals surface area contributed by atoms with E-state index in [1.165, 1.54) is 5.69 Å². The largest absolute Gasteiger partial charge is 0.383 e. The standard InChI is InChI=1S/C15H23BrClNO/c1-4-12(5-2)18(9-10-19-3)15-8-6-7-14(17)13(15)11-16/h6-8,12H,4-5,9-11H2,1-3H3. The third-order valence-corrected chi connectivity index (χ3v) is 4.37. The summed E-state index contributed by atoms with van der Waals surface area (Å²) in [6, 6.07) is 6.64. The molecular weight excluding hydrogens is 326 g/mol. The monoisotopic (exact) mass is 347 g/mol. The molecule has 1 rings (SSSR count). The zero-order chi connectivity index (χ0) is 14.3. The van der Waals surface area contributed by atoms with Crippen molar-refractivity contribution in [3.05, 3.63) is 28.8 Å². The molecule has 0 saturated heterocycles. The molecule has 0 unspecified atom stereocenters. The van der Waals surface area contributed by atoms with Gasteiger partial charge >= 0.3 is 0 Å². The van der Waals surface area contributed by atoms with Crippen molar-refractivity contribution in [3.8, 4) is 0 Å². The number of anilines is 1. The van der Waals surface area contributed by atoms with Gasteiger partial charge in [0.2, 0.25) is 0 Å². The van der Waals surface area contributed by atoms with Crippen molar-refractivity contribution in [2.24, 2.45) is 0 Å². The van der Waals surface area contributed by atoms with E-state index in [1.54, 1.807) is 7.11 Å². The number of hydrogen-bond acceptors (Lipinski definition) is 2. The molecule has 1 aromatic rings. The van der Waals surface area contributed by atoms with Gasteiger partial charge in [0.25, 0.3) is 0 Å². The van der Waals surface area contributed by atoms with Gasteiger partial charge < -0.3 is 9.64 Å². The summed E-state index contributed by atoms with van der Waals surface area (Å²) in [5, 5.41) is 1.59. The molecule has 0 amide bonds. The molecule has 0 aliphatic rings. The second kappa shape index (κ2) is 8.83. The Hall–Kier alpha value is -0.250. The Morgan fingerprint density at radius 2 is 2.00 bits per heavy atom. The quantitative estimate of drug-likeness (QED) is 0.621. The predicted molar refractivity (Wildman–Crippen MR) is 87.7 cm³/mol. The van der Waals surface area contributed by atoms with Crippen LogP contribution in [0.2, 0.25) is 5.02 Å². The summed E-state index contributed by atoms with van der Waals surface area (Å²) in [4.78, 5) is 2.42. The summed E-state index contributed by atoms with van der Waals surface area (Å²) in [6.07, 6.45) is 2.24. The van der Waals surface area contributed by atoms with Crippen LogP contribution in [0.25, 0.3) is 0 Å². The lowest BCUT2D eigenvalue weighted by Crippen LogP contribution is -2.37. The Balaban J connectivity index is 3.12. The number of rotatable bonds is 8. The number of alkyl halides is 1. The van der Waals surface area contributed by atoms with Crippen molar-refractivity contribution in [2.45, 2.75) is 38.1 Å². The van der Waals surface area contributed by atoms with E-state index in [1.807, 2.05) is 12.1 Å². The Kier molecular flexibility index (Phi) is 7.81. The van der Waals surface area contributed by atoms with E-state index in [4.69, 9.17) is 16.3 Å². The first-order valence-electron chi connectivity index (χ1n) is 6.78. The van der Waals surface area contributed by atoms with Crippen LogP contribution < -0.4 is 4.90 Å². The zero-order valence-corrected chi connectivity index (χ0v) is 14.3. The summed E-state index contributed by atoms with van der Waals surface area (Å²) < 4.78 is 5.25. The molecule has 0 aromatic heterocycles. The van der Waals surface area contributed by atoms with E-state index in [2.05, 4.69) is 40.7 Å². The average molecular weight is 349 g/mol. The highest BCUT2D eigenvalue weighted by Gasteiger charge is 2.19. The van der Waals surface area contributed by atoms with Crippen molar-refractivity contribution in [2.75, 3.05) is 25.2 Å². The van der Waals surface area contributed by atoms with Crippen LogP contribution in [-0.2, 0) is 10.1 Å². The molecule has 0 fully saturated rings. The number of halogens is 2. The van der Waals surface area contributed by atoms with E-state index >= 15 is 0 Å². The molecule has 4 heteroatoms. The van der Waals surface area contributed by atoms with Gasteiger partial charge in [0.05, 0.1) is 6.61 Å². The van der Waals surface area contributed by atoms with E-state index in [0.717, 1.165) is 41.9 Å². The molecule has 0 N–H and O–H groups in total. The van der Waals surface area contributed by atoms with Gasteiger partial charge in [0.1, 0.15) is 0 Å². The summed E-state index contributed by atoms with van der Waals surface area (Å²) in [5.41, 5.74) is 2.38. The van der Waals surface area contributed by atoms with Gasteiger partial charge in [-0.1, -0.05) is 47.4 Å².